The van der Waals surface area contributed by atoms with Crippen LogP contribution < -0.4 is 5.56 Å². The predicted molar refractivity (Wildman–Crippen MR) is 118 cm³/mol. The summed E-state index contributed by atoms with van der Waals surface area (Å²) >= 11 is 7.22. The van der Waals surface area contributed by atoms with Crippen molar-refractivity contribution in [2.24, 2.45) is 0 Å². The SMILES string of the molecule is COCCn1c(SCC(=O)c2[nH]c(C)c(C(C)=O)c2C)nc2cc(Cl)ccc2c1=O. The largest absolute Gasteiger partial charge is 0.383 e. The van der Waals surface area contributed by atoms with E-state index >= 15 is 0 Å². The van der Waals surface area contributed by atoms with Crippen molar-refractivity contribution >= 4 is 45.8 Å². The number of halogens is 1. The molecule has 158 valence electrons. The number of ketones is 2. The number of ether oxygens (including phenoxy) is 1. The van der Waals surface area contributed by atoms with E-state index in [1.54, 1.807) is 39.2 Å². The molecule has 2 aromatic heterocycles. The minimum absolute atomic E-state index is 0.0592. The van der Waals surface area contributed by atoms with Gasteiger partial charge in [0.1, 0.15) is 0 Å². The average molecular weight is 448 g/mol. The minimum atomic E-state index is -0.213. The fraction of sp³-hybridized carbons (Fsp3) is 0.333. The molecule has 0 aliphatic rings. The fourth-order valence-electron chi connectivity index (χ4n) is 3.42. The van der Waals surface area contributed by atoms with Gasteiger partial charge < -0.3 is 9.72 Å². The molecule has 0 radical (unpaired) electrons. The number of hydrogen-bond donors (Lipinski definition) is 1. The van der Waals surface area contributed by atoms with Crippen LogP contribution in [0.15, 0.2) is 28.2 Å². The Morgan fingerprint density at radius 1 is 1.30 bits per heavy atom. The summed E-state index contributed by atoms with van der Waals surface area (Å²) in [5.41, 5.74) is 2.51. The van der Waals surface area contributed by atoms with Gasteiger partial charge in [-0.2, -0.15) is 0 Å². The zero-order valence-corrected chi connectivity index (χ0v) is 18.7. The molecule has 0 saturated carbocycles. The van der Waals surface area contributed by atoms with Crippen molar-refractivity contribution in [1.82, 2.24) is 14.5 Å². The average Bonchev–Trinajstić information content (AvgIpc) is 2.99. The predicted octanol–water partition coefficient (Wildman–Crippen LogP) is 3.82. The smallest absolute Gasteiger partial charge is 0.262 e. The molecule has 2 heterocycles. The van der Waals surface area contributed by atoms with Crippen LogP contribution >= 0.6 is 23.4 Å². The summed E-state index contributed by atoms with van der Waals surface area (Å²) in [5.74, 6) is -0.204. The van der Waals surface area contributed by atoms with E-state index in [1.807, 2.05) is 0 Å². The third-order valence-corrected chi connectivity index (χ3v) is 6.01. The molecule has 0 unspecified atom stereocenters. The molecule has 0 aliphatic heterocycles. The summed E-state index contributed by atoms with van der Waals surface area (Å²) in [5, 5.41) is 1.34. The maximum atomic E-state index is 12.9. The number of carbonyl (C=O) groups is 2. The number of rotatable bonds is 8. The van der Waals surface area contributed by atoms with Crippen molar-refractivity contribution in [2.75, 3.05) is 19.5 Å². The number of aromatic amines is 1. The molecular weight excluding hydrogens is 426 g/mol. The van der Waals surface area contributed by atoms with Crippen molar-refractivity contribution < 1.29 is 14.3 Å². The Balaban J connectivity index is 1.95. The summed E-state index contributed by atoms with van der Waals surface area (Å²) in [6.07, 6.45) is 0. The van der Waals surface area contributed by atoms with Crippen LogP contribution in [-0.2, 0) is 11.3 Å². The van der Waals surface area contributed by atoms with Crippen molar-refractivity contribution in [3.63, 3.8) is 0 Å². The van der Waals surface area contributed by atoms with Gasteiger partial charge in [-0.1, -0.05) is 23.4 Å². The summed E-state index contributed by atoms with van der Waals surface area (Å²) in [4.78, 5) is 45.2. The Morgan fingerprint density at radius 3 is 2.67 bits per heavy atom. The molecule has 0 amide bonds. The second-order valence-corrected chi connectivity index (χ2v) is 8.28. The first-order chi connectivity index (χ1) is 14.2. The van der Waals surface area contributed by atoms with Crippen LogP contribution in [0.5, 0.6) is 0 Å². The second kappa shape index (κ2) is 9.16. The van der Waals surface area contributed by atoms with Crippen LogP contribution in [0, 0.1) is 13.8 Å². The van der Waals surface area contributed by atoms with Gasteiger partial charge >= 0.3 is 0 Å². The highest BCUT2D eigenvalue weighted by Crippen LogP contribution is 2.24. The number of carbonyl (C=O) groups excluding carboxylic acids is 2. The molecule has 0 bridgehead atoms. The highest BCUT2D eigenvalue weighted by Gasteiger charge is 2.21. The van der Waals surface area contributed by atoms with Crippen LogP contribution in [0.4, 0.5) is 0 Å². The number of aromatic nitrogens is 3. The highest BCUT2D eigenvalue weighted by atomic mass is 35.5. The Labute approximate surface area is 182 Å². The van der Waals surface area contributed by atoms with Crippen molar-refractivity contribution in [3.8, 4) is 0 Å². The molecule has 0 saturated heterocycles. The molecule has 0 fully saturated rings. The highest BCUT2D eigenvalue weighted by molar-refractivity contribution is 7.99. The van der Waals surface area contributed by atoms with Gasteiger partial charge in [0.05, 0.1) is 35.5 Å². The van der Waals surface area contributed by atoms with Crippen LogP contribution in [0.1, 0.15) is 39.0 Å². The lowest BCUT2D eigenvalue weighted by atomic mass is 10.1. The Morgan fingerprint density at radius 2 is 2.03 bits per heavy atom. The van der Waals surface area contributed by atoms with Crippen LogP contribution in [-0.4, -0.2) is 45.6 Å². The zero-order chi connectivity index (χ0) is 22.0. The Hall–Kier alpha value is -2.42. The first-order valence-corrected chi connectivity index (χ1v) is 10.7. The van der Waals surface area contributed by atoms with E-state index in [2.05, 4.69) is 9.97 Å². The standard InChI is InChI=1S/C21H22ClN3O4S/c1-11-18(13(3)26)12(2)23-19(11)17(27)10-30-21-24-16-9-14(22)5-6-15(16)20(28)25(21)7-8-29-4/h5-6,9,23H,7-8,10H2,1-4H3. The number of thioether (sulfide) groups is 1. The second-order valence-electron chi connectivity index (χ2n) is 6.90. The molecule has 1 N–H and O–H groups in total. The van der Waals surface area contributed by atoms with E-state index in [1.165, 1.54) is 23.3 Å². The minimum Gasteiger partial charge on any atom is -0.383 e. The Kier molecular flexibility index (Phi) is 6.80. The van der Waals surface area contributed by atoms with Crippen molar-refractivity contribution in [2.45, 2.75) is 32.5 Å². The third-order valence-electron chi connectivity index (χ3n) is 4.80. The lowest BCUT2D eigenvalue weighted by Gasteiger charge is -2.12. The lowest BCUT2D eigenvalue weighted by Crippen LogP contribution is -2.25. The number of hydrogen-bond acceptors (Lipinski definition) is 6. The normalized spacial score (nSPS) is 11.2. The first-order valence-electron chi connectivity index (χ1n) is 9.29. The van der Waals surface area contributed by atoms with Gasteiger partial charge in [-0.25, -0.2) is 4.98 Å². The molecule has 0 aliphatic carbocycles. The van der Waals surface area contributed by atoms with Crippen molar-refractivity contribution in [3.05, 3.63) is 56.1 Å². The van der Waals surface area contributed by atoms with Gasteiger partial charge in [-0.3, -0.25) is 19.0 Å². The number of Topliss-reactive ketones (excluding diaryl/α,β-unsaturated/α-hetero) is 2. The van der Waals surface area contributed by atoms with Crippen molar-refractivity contribution in [1.29, 1.82) is 0 Å². The number of nitrogens with one attached hydrogen (secondary N) is 1. The topological polar surface area (TPSA) is 94.1 Å². The third kappa shape index (κ3) is 4.35. The van der Waals surface area contributed by atoms with Crippen LogP contribution in [0.25, 0.3) is 10.9 Å². The summed E-state index contributed by atoms with van der Waals surface area (Å²) in [6, 6.07) is 4.92. The maximum Gasteiger partial charge on any atom is 0.262 e. The molecule has 7 nitrogen and oxygen atoms in total. The van der Waals surface area contributed by atoms with Gasteiger partial charge in [-0.05, 0) is 44.5 Å². The number of nitrogens with zero attached hydrogens (tertiary/aromatic N) is 2. The maximum absolute atomic E-state index is 12.9. The van der Waals surface area contributed by atoms with Gasteiger partial charge in [-0.15, -0.1) is 0 Å². The van der Waals surface area contributed by atoms with Gasteiger partial charge in [0, 0.05) is 23.4 Å². The number of fused-ring (bicyclic) bond motifs is 1. The molecule has 30 heavy (non-hydrogen) atoms. The monoisotopic (exact) mass is 447 g/mol. The Bertz CT molecular complexity index is 1200. The van der Waals surface area contributed by atoms with E-state index in [0.717, 1.165) is 0 Å². The first kappa shape index (κ1) is 22.3. The fourth-order valence-corrected chi connectivity index (χ4v) is 4.49. The number of benzene rings is 1. The quantitative estimate of drug-likeness (QED) is 0.320. The van der Waals surface area contributed by atoms with Crippen LogP contribution in [0.2, 0.25) is 5.02 Å². The molecule has 9 heteroatoms. The van der Waals surface area contributed by atoms with Gasteiger partial charge in [0.2, 0.25) is 0 Å². The van der Waals surface area contributed by atoms with Gasteiger partial charge in [0.15, 0.2) is 16.7 Å². The number of aryl methyl sites for hydroxylation is 1. The van der Waals surface area contributed by atoms with E-state index in [9.17, 15) is 14.4 Å². The van der Waals surface area contributed by atoms with Crippen LogP contribution in [0.3, 0.4) is 0 Å². The van der Waals surface area contributed by atoms with E-state index in [0.29, 0.717) is 56.7 Å². The molecule has 0 atom stereocenters. The summed E-state index contributed by atoms with van der Waals surface area (Å²) < 4.78 is 6.62. The number of H-pyrrole nitrogens is 1. The molecule has 3 rings (SSSR count). The zero-order valence-electron chi connectivity index (χ0n) is 17.2. The van der Waals surface area contributed by atoms with E-state index < -0.39 is 0 Å². The molecule has 3 aromatic rings. The number of methoxy groups -OCH3 is 1. The van der Waals surface area contributed by atoms with E-state index in [4.69, 9.17) is 16.3 Å². The van der Waals surface area contributed by atoms with Gasteiger partial charge in [0.25, 0.3) is 5.56 Å². The summed E-state index contributed by atoms with van der Waals surface area (Å²) in [7, 11) is 1.55. The lowest BCUT2D eigenvalue weighted by molar-refractivity contribution is 0.101. The molecule has 0 spiro atoms. The van der Waals surface area contributed by atoms with E-state index in [-0.39, 0.29) is 22.9 Å². The summed E-state index contributed by atoms with van der Waals surface area (Å²) in [6.45, 7) is 5.64. The molecule has 1 aromatic carbocycles. The molecular formula is C21H22ClN3O4S.